The van der Waals surface area contributed by atoms with Crippen LogP contribution in [0.4, 0.5) is 0 Å². The number of morpholine rings is 1. The van der Waals surface area contributed by atoms with Gasteiger partial charge in [0.05, 0.1) is 34.5 Å². The first kappa shape index (κ1) is 28.0. The third-order valence-corrected chi connectivity index (χ3v) is 8.05. The largest absolute Gasteiger partial charge is 0.493 e. The lowest BCUT2D eigenvalue weighted by Gasteiger charge is -2.51. The van der Waals surface area contributed by atoms with Crippen LogP contribution in [0.2, 0.25) is 0 Å². The fourth-order valence-electron chi connectivity index (χ4n) is 6.22. The predicted octanol–water partition coefficient (Wildman–Crippen LogP) is 3.21. The summed E-state index contributed by atoms with van der Waals surface area (Å²) in [6.07, 6.45) is 4.23. The number of nitrogens with zero attached hydrogens (tertiary/aromatic N) is 2. The molecule has 2 heterocycles. The van der Waals surface area contributed by atoms with Gasteiger partial charge < -0.3 is 28.7 Å². The van der Waals surface area contributed by atoms with Crippen LogP contribution < -0.4 is 9.47 Å². The van der Waals surface area contributed by atoms with Crippen LogP contribution in [-0.4, -0.2) is 81.8 Å². The van der Waals surface area contributed by atoms with E-state index in [9.17, 15) is 14.4 Å². The zero-order valence-corrected chi connectivity index (χ0v) is 23.2. The van der Waals surface area contributed by atoms with Gasteiger partial charge in [-0.25, -0.2) is 0 Å². The van der Waals surface area contributed by atoms with Gasteiger partial charge in [0.1, 0.15) is 5.41 Å². The summed E-state index contributed by atoms with van der Waals surface area (Å²) in [5.74, 6) is 0.108. The molecule has 3 aliphatic rings. The zero-order valence-electron chi connectivity index (χ0n) is 23.2. The Morgan fingerprint density at radius 2 is 1.79 bits per heavy atom. The molecule has 2 atom stereocenters. The summed E-state index contributed by atoms with van der Waals surface area (Å²) in [5.41, 5.74) is 0.565. The van der Waals surface area contributed by atoms with Crippen molar-refractivity contribution in [2.45, 2.75) is 46.0 Å². The molecule has 9 heteroatoms. The van der Waals surface area contributed by atoms with Gasteiger partial charge in [0.15, 0.2) is 11.5 Å². The molecular formula is C29H40N2O7. The number of ether oxygens (including phenoxy) is 4. The number of carbonyl (C=O) groups excluding carboxylic acids is 3. The van der Waals surface area contributed by atoms with Crippen molar-refractivity contribution in [3.05, 3.63) is 35.5 Å². The van der Waals surface area contributed by atoms with Gasteiger partial charge in [0.2, 0.25) is 11.8 Å². The molecule has 1 aromatic carbocycles. The molecule has 0 N–H and O–H groups in total. The Morgan fingerprint density at radius 1 is 1.08 bits per heavy atom. The molecule has 2 amide bonds. The minimum atomic E-state index is -0.974. The Morgan fingerprint density at radius 3 is 2.45 bits per heavy atom. The minimum Gasteiger partial charge on any atom is -0.493 e. The molecule has 0 bridgehead atoms. The number of methoxy groups -OCH3 is 3. The summed E-state index contributed by atoms with van der Waals surface area (Å²) in [6.45, 7) is 6.66. The predicted molar refractivity (Wildman–Crippen MR) is 141 cm³/mol. The molecule has 38 heavy (non-hydrogen) atoms. The Kier molecular flexibility index (Phi) is 8.35. The first-order valence-corrected chi connectivity index (χ1v) is 13.3. The summed E-state index contributed by atoms with van der Waals surface area (Å²) in [7, 11) is 4.57. The smallest absolute Gasteiger partial charge is 0.317 e. The van der Waals surface area contributed by atoms with Gasteiger partial charge in [0, 0.05) is 37.7 Å². The molecule has 2 aliphatic heterocycles. The number of benzene rings is 1. The van der Waals surface area contributed by atoms with Crippen molar-refractivity contribution < 1.29 is 33.3 Å². The molecule has 2 saturated heterocycles. The summed E-state index contributed by atoms with van der Waals surface area (Å²) in [6, 6.07) is 5.69. The standard InChI is InChI=1S/C29H40N2O7/c1-28(2)10-8-24-29(19-28,27(34)37-5)18-21(17-25(32)30-12-14-38-15-13-30)26(33)31(24)11-9-20-6-7-22(35-3)23(16-20)36-4/h6-8,16,21H,9-15,17-19H2,1-5H3/t21-,29-/m1/s1. The Labute approximate surface area is 225 Å². The Bertz CT molecular complexity index is 1090. The van der Waals surface area contributed by atoms with Gasteiger partial charge in [-0.2, -0.15) is 0 Å². The summed E-state index contributed by atoms with van der Waals surface area (Å²) in [4.78, 5) is 44.1. The Hall–Kier alpha value is -3.07. The molecule has 9 nitrogen and oxygen atoms in total. The van der Waals surface area contributed by atoms with E-state index in [1.807, 2.05) is 24.3 Å². The molecule has 0 aromatic heterocycles. The van der Waals surface area contributed by atoms with Gasteiger partial charge in [-0.1, -0.05) is 26.0 Å². The average Bonchev–Trinajstić information content (AvgIpc) is 2.92. The molecule has 0 radical (unpaired) electrons. The van der Waals surface area contributed by atoms with E-state index >= 15 is 0 Å². The first-order chi connectivity index (χ1) is 18.1. The first-order valence-electron chi connectivity index (χ1n) is 13.3. The highest BCUT2D eigenvalue weighted by atomic mass is 16.5. The molecular weight excluding hydrogens is 488 g/mol. The van der Waals surface area contributed by atoms with E-state index in [0.29, 0.717) is 62.9 Å². The van der Waals surface area contributed by atoms with Crippen LogP contribution in [-0.2, 0) is 30.3 Å². The quantitative estimate of drug-likeness (QED) is 0.478. The van der Waals surface area contributed by atoms with Crippen LogP contribution in [0.25, 0.3) is 0 Å². The molecule has 208 valence electrons. The maximum Gasteiger partial charge on any atom is 0.317 e. The number of fused-ring (bicyclic) bond motifs is 1. The highest BCUT2D eigenvalue weighted by Gasteiger charge is 2.57. The lowest BCUT2D eigenvalue weighted by Crippen LogP contribution is -2.56. The number of amides is 2. The average molecular weight is 529 g/mol. The number of carbonyl (C=O) groups is 3. The topological polar surface area (TPSA) is 94.6 Å². The van der Waals surface area contributed by atoms with E-state index in [0.717, 1.165) is 12.0 Å². The zero-order chi connectivity index (χ0) is 27.5. The van der Waals surface area contributed by atoms with Gasteiger partial charge in [-0.05, 0) is 48.8 Å². The summed E-state index contributed by atoms with van der Waals surface area (Å²) in [5, 5.41) is 0. The van der Waals surface area contributed by atoms with E-state index in [2.05, 4.69) is 13.8 Å². The highest BCUT2D eigenvalue weighted by molar-refractivity contribution is 5.92. The van der Waals surface area contributed by atoms with Gasteiger partial charge >= 0.3 is 5.97 Å². The maximum absolute atomic E-state index is 14.0. The number of allylic oxidation sites excluding steroid dienone is 1. The molecule has 4 rings (SSSR count). The summed E-state index contributed by atoms with van der Waals surface area (Å²) < 4.78 is 21.5. The van der Waals surface area contributed by atoms with Crippen molar-refractivity contribution in [3.63, 3.8) is 0 Å². The third-order valence-electron chi connectivity index (χ3n) is 8.05. The molecule has 1 aliphatic carbocycles. The van der Waals surface area contributed by atoms with Crippen molar-refractivity contribution in [1.29, 1.82) is 0 Å². The monoisotopic (exact) mass is 528 g/mol. The van der Waals surface area contributed by atoms with Crippen molar-refractivity contribution in [3.8, 4) is 11.5 Å². The maximum atomic E-state index is 14.0. The van der Waals surface area contributed by atoms with Crippen molar-refractivity contribution in [2.75, 3.05) is 54.2 Å². The fourth-order valence-corrected chi connectivity index (χ4v) is 6.22. The molecule has 0 spiro atoms. The molecule has 0 unspecified atom stereocenters. The van der Waals surface area contributed by atoms with Crippen LogP contribution >= 0.6 is 0 Å². The lowest BCUT2D eigenvalue weighted by atomic mass is 9.59. The van der Waals surface area contributed by atoms with Crippen molar-refractivity contribution in [1.82, 2.24) is 9.80 Å². The number of hydrogen-bond acceptors (Lipinski definition) is 7. The van der Waals surface area contributed by atoms with Crippen molar-refractivity contribution >= 4 is 17.8 Å². The van der Waals surface area contributed by atoms with Crippen LogP contribution in [0.15, 0.2) is 30.0 Å². The van der Waals surface area contributed by atoms with Gasteiger partial charge in [-0.3, -0.25) is 14.4 Å². The molecule has 1 aromatic rings. The number of hydrogen-bond donors (Lipinski definition) is 0. The molecule has 2 fully saturated rings. The van der Waals surface area contributed by atoms with Crippen molar-refractivity contribution in [2.24, 2.45) is 16.7 Å². The second kappa shape index (κ2) is 11.4. The number of piperidine rings is 1. The number of rotatable bonds is 8. The molecule has 0 saturated carbocycles. The van der Waals surface area contributed by atoms with Gasteiger partial charge in [0.25, 0.3) is 0 Å². The van der Waals surface area contributed by atoms with E-state index < -0.39 is 11.3 Å². The van der Waals surface area contributed by atoms with Gasteiger partial charge in [-0.15, -0.1) is 0 Å². The van der Waals surface area contributed by atoms with Crippen LogP contribution in [0.5, 0.6) is 11.5 Å². The lowest BCUT2D eigenvalue weighted by molar-refractivity contribution is -0.163. The third kappa shape index (κ3) is 5.53. The second-order valence-electron chi connectivity index (χ2n) is 11.2. The van der Waals surface area contributed by atoms with E-state index in [1.165, 1.54) is 7.11 Å². The highest BCUT2D eigenvalue weighted by Crippen LogP contribution is 2.54. The van der Waals surface area contributed by atoms with Crippen LogP contribution in [0.1, 0.15) is 45.1 Å². The van der Waals surface area contributed by atoms with E-state index in [-0.39, 0.29) is 36.0 Å². The SMILES string of the molecule is COC(=O)[C@@]12C[C@@H](CC(=O)N3CCOCC3)C(=O)N(CCc3ccc(OC)c(OC)c3)C1=CCC(C)(C)C2. The number of likely N-dealkylation sites (tertiary alicyclic amines) is 1. The second-order valence-corrected chi connectivity index (χ2v) is 11.2. The van der Waals surface area contributed by atoms with Crippen LogP contribution in [0.3, 0.4) is 0 Å². The van der Waals surface area contributed by atoms with E-state index in [1.54, 1.807) is 24.0 Å². The van der Waals surface area contributed by atoms with Crippen LogP contribution in [0, 0.1) is 16.7 Å². The summed E-state index contributed by atoms with van der Waals surface area (Å²) >= 11 is 0. The number of esters is 1. The normalized spacial score (nSPS) is 24.8. The van der Waals surface area contributed by atoms with E-state index in [4.69, 9.17) is 18.9 Å². The minimum absolute atomic E-state index is 0.0676. The fraction of sp³-hybridized carbons (Fsp3) is 0.621. The Balaban J connectivity index is 1.66.